The molecule has 0 spiro atoms. The van der Waals surface area contributed by atoms with Gasteiger partial charge in [-0.1, -0.05) is 0 Å². The van der Waals surface area contributed by atoms with E-state index in [0.29, 0.717) is 6.04 Å². The fourth-order valence-electron chi connectivity index (χ4n) is 4.55. The van der Waals surface area contributed by atoms with Crippen LogP contribution >= 0.6 is 24.0 Å². The molecule has 188 valence electrons. The predicted octanol–water partition coefficient (Wildman–Crippen LogP) is 2.56. The van der Waals surface area contributed by atoms with Crippen LogP contribution in [0.5, 0.6) is 11.5 Å². The van der Waals surface area contributed by atoms with Crippen LogP contribution in [0.3, 0.4) is 0 Å². The molecule has 1 aromatic carbocycles. The van der Waals surface area contributed by atoms with Gasteiger partial charge in [-0.2, -0.15) is 0 Å². The molecule has 3 rings (SSSR count). The molecule has 0 bridgehead atoms. The van der Waals surface area contributed by atoms with E-state index in [9.17, 15) is 0 Å². The van der Waals surface area contributed by atoms with Crippen molar-refractivity contribution in [3.05, 3.63) is 23.8 Å². The Bertz CT molecular complexity index is 733. The van der Waals surface area contributed by atoms with Gasteiger partial charge >= 0.3 is 0 Å². The van der Waals surface area contributed by atoms with Crippen molar-refractivity contribution in [1.82, 2.24) is 20.4 Å². The van der Waals surface area contributed by atoms with Crippen LogP contribution in [0.15, 0.2) is 23.2 Å². The maximum atomic E-state index is 5.60. The number of ether oxygens (including phenoxy) is 3. The number of methoxy groups -OCH3 is 2. The molecule has 33 heavy (non-hydrogen) atoms. The summed E-state index contributed by atoms with van der Waals surface area (Å²) in [6.45, 7) is 8.27. The molecule has 0 amide bonds. The number of nitrogens with one attached hydrogen (secondary N) is 2. The first kappa shape index (κ1) is 27.9. The first-order valence-electron chi connectivity index (χ1n) is 11.7. The van der Waals surface area contributed by atoms with Gasteiger partial charge in [-0.3, -0.25) is 9.89 Å². The van der Waals surface area contributed by atoms with Crippen molar-refractivity contribution in [2.24, 2.45) is 4.99 Å². The number of guanidine groups is 1. The third-order valence-corrected chi connectivity index (χ3v) is 6.68. The molecule has 8 nitrogen and oxygen atoms in total. The fourth-order valence-corrected chi connectivity index (χ4v) is 4.55. The Balaban J connectivity index is 0.00000385. The van der Waals surface area contributed by atoms with E-state index in [1.54, 1.807) is 14.2 Å². The third-order valence-electron chi connectivity index (χ3n) is 6.68. The number of likely N-dealkylation sites (tertiary alicyclic amines) is 1. The van der Waals surface area contributed by atoms with E-state index in [1.165, 1.54) is 5.56 Å². The second kappa shape index (κ2) is 13.6. The van der Waals surface area contributed by atoms with E-state index < -0.39 is 0 Å². The number of likely N-dealkylation sites (N-methyl/N-ethyl adjacent to an activating group) is 1. The lowest BCUT2D eigenvalue weighted by Gasteiger charge is -2.41. The van der Waals surface area contributed by atoms with Crippen LogP contribution in [0.1, 0.15) is 31.7 Å². The lowest BCUT2D eigenvalue weighted by Crippen LogP contribution is -2.52. The van der Waals surface area contributed by atoms with E-state index in [-0.39, 0.29) is 29.5 Å². The van der Waals surface area contributed by atoms with Crippen molar-refractivity contribution in [2.75, 3.05) is 67.7 Å². The Morgan fingerprint density at radius 2 is 1.85 bits per heavy atom. The van der Waals surface area contributed by atoms with E-state index in [1.807, 2.05) is 6.07 Å². The molecular formula is C24H42IN5O3. The Labute approximate surface area is 216 Å². The number of nitrogens with zero attached hydrogens (tertiary/aromatic N) is 3. The second-order valence-electron chi connectivity index (χ2n) is 9.01. The molecule has 0 aromatic heterocycles. The number of hydrogen-bond donors (Lipinski definition) is 2. The summed E-state index contributed by atoms with van der Waals surface area (Å²) in [5, 5.41) is 7.11. The van der Waals surface area contributed by atoms with Crippen LogP contribution in [0, 0.1) is 0 Å². The zero-order valence-corrected chi connectivity index (χ0v) is 23.2. The lowest BCUT2D eigenvalue weighted by atomic mass is 9.89. The van der Waals surface area contributed by atoms with Crippen molar-refractivity contribution in [2.45, 2.75) is 44.3 Å². The van der Waals surface area contributed by atoms with Crippen LogP contribution in [0.2, 0.25) is 0 Å². The molecule has 2 N–H and O–H groups in total. The van der Waals surface area contributed by atoms with Crippen LogP contribution in [-0.4, -0.2) is 95.0 Å². The minimum Gasteiger partial charge on any atom is -0.497 e. The van der Waals surface area contributed by atoms with Gasteiger partial charge in [-0.25, -0.2) is 0 Å². The van der Waals surface area contributed by atoms with E-state index >= 15 is 0 Å². The van der Waals surface area contributed by atoms with Crippen molar-refractivity contribution >= 4 is 29.9 Å². The monoisotopic (exact) mass is 575 g/mol. The Hall–Kier alpha value is -1.30. The largest absolute Gasteiger partial charge is 0.497 e. The zero-order valence-electron chi connectivity index (χ0n) is 20.9. The molecule has 2 aliphatic rings. The van der Waals surface area contributed by atoms with E-state index in [4.69, 9.17) is 19.2 Å². The highest BCUT2D eigenvalue weighted by Gasteiger charge is 2.35. The average molecular weight is 576 g/mol. The molecule has 1 atom stereocenters. The number of aliphatic imine (C=N–C) groups is 1. The van der Waals surface area contributed by atoms with Gasteiger partial charge in [0, 0.05) is 57.0 Å². The first-order valence-corrected chi connectivity index (χ1v) is 11.7. The first-order chi connectivity index (χ1) is 15.5. The van der Waals surface area contributed by atoms with Crippen molar-refractivity contribution in [3.63, 3.8) is 0 Å². The molecule has 0 aliphatic carbocycles. The Morgan fingerprint density at radius 3 is 2.42 bits per heavy atom. The Morgan fingerprint density at radius 1 is 1.18 bits per heavy atom. The fraction of sp³-hybridized carbons (Fsp3) is 0.708. The average Bonchev–Trinajstić information content (AvgIpc) is 3.24. The molecule has 0 radical (unpaired) electrons. The van der Waals surface area contributed by atoms with Crippen molar-refractivity contribution in [1.29, 1.82) is 0 Å². The minimum atomic E-state index is 0. The SMILES string of the molecule is CCNC(=NCC1(N(C)C)CCOCC1)NC1CCN(Cc2cc(OC)cc(OC)c2)C1.I. The number of hydrogen-bond acceptors (Lipinski definition) is 6. The van der Waals surface area contributed by atoms with Crippen LogP contribution < -0.4 is 20.1 Å². The molecule has 2 fully saturated rings. The molecule has 2 saturated heterocycles. The summed E-state index contributed by atoms with van der Waals surface area (Å²) >= 11 is 0. The topological polar surface area (TPSA) is 70.6 Å². The van der Waals surface area contributed by atoms with Gasteiger partial charge in [-0.05, 0) is 58.0 Å². The molecule has 1 unspecified atom stereocenters. The summed E-state index contributed by atoms with van der Waals surface area (Å²) in [5.41, 5.74) is 1.28. The molecule has 9 heteroatoms. The van der Waals surface area contributed by atoms with E-state index in [0.717, 1.165) is 82.7 Å². The summed E-state index contributed by atoms with van der Waals surface area (Å²) in [6, 6.07) is 6.47. The Kier molecular flexibility index (Phi) is 11.5. The van der Waals surface area contributed by atoms with Gasteiger partial charge in [0.05, 0.1) is 20.8 Å². The highest BCUT2D eigenvalue weighted by atomic mass is 127. The van der Waals surface area contributed by atoms with Gasteiger partial charge in [0.2, 0.25) is 0 Å². The highest BCUT2D eigenvalue weighted by molar-refractivity contribution is 14.0. The number of halogens is 1. The van der Waals surface area contributed by atoms with Crippen LogP contribution in [0.4, 0.5) is 0 Å². The minimum absolute atomic E-state index is 0. The van der Waals surface area contributed by atoms with Crippen LogP contribution in [-0.2, 0) is 11.3 Å². The summed E-state index contributed by atoms with van der Waals surface area (Å²) < 4.78 is 16.4. The molecule has 2 aliphatic heterocycles. The quantitative estimate of drug-likeness (QED) is 0.267. The molecule has 0 saturated carbocycles. The predicted molar refractivity (Wildman–Crippen MR) is 144 cm³/mol. The third kappa shape index (κ3) is 7.87. The molecule has 2 heterocycles. The van der Waals surface area contributed by atoms with Gasteiger partial charge in [0.25, 0.3) is 0 Å². The lowest BCUT2D eigenvalue weighted by molar-refractivity contribution is -0.00255. The van der Waals surface area contributed by atoms with Gasteiger partial charge in [0.15, 0.2) is 5.96 Å². The van der Waals surface area contributed by atoms with E-state index in [2.05, 4.69) is 53.6 Å². The highest BCUT2D eigenvalue weighted by Crippen LogP contribution is 2.27. The van der Waals surface area contributed by atoms with Crippen molar-refractivity contribution < 1.29 is 14.2 Å². The standard InChI is InChI=1S/C24H41N5O3.HI/c1-6-25-23(26-18-24(28(2)3)8-11-32-12-9-24)27-20-7-10-29(17-20)16-19-13-21(30-4)15-22(14-19)31-5;/h13-15,20H,6-12,16-18H2,1-5H3,(H2,25,26,27);1H. The van der Waals surface area contributed by atoms with Gasteiger partial charge < -0.3 is 29.7 Å². The summed E-state index contributed by atoms with van der Waals surface area (Å²) in [4.78, 5) is 9.78. The second-order valence-corrected chi connectivity index (χ2v) is 9.01. The number of benzene rings is 1. The van der Waals surface area contributed by atoms with Crippen molar-refractivity contribution in [3.8, 4) is 11.5 Å². The maximum absolute atomic E-state index is 5.60. The summed E-state index contributed by atoms with van der Waals surface area (Å²) in [5.74, 6) is 2.57. The van der Waals surface area contributed by atoms with Crippen LogP contribution in [0.25, 0.3) is 0 Å². The molecular weight excluding hydrogens is 533 g/mol. The normalized spacial score (nSPS) is 20.9. The summed E-state index contributed by atoms with van der Waals surface area (Å²) in [6.07, 6.45) is 3.13. The van der Waals surface area contributed by atoms with Gasteiger partial charge in [0.1, 0.15) is 11.5 Å². The number of rotatable bonds is 9. The summed E-state index contributed by atoms with van der Waals surface area (Å²) in [7, 11) is 7.70. The molecule has 1 aromatic rings. The van der Waals surface area contributed by atoms with Gasteiger partial charge in [-0.15, -0.1) is 24.0 Å². The smallest absolute Gasteiger partial charge is 0.191 e. The zero-order chi connectivity index (χ0) is 23.0. The maximum Gasteiger partial charge on any atom is 0.191 e.